The summed E-state index contributed by atoms with van der Waals surface area (Å²) in [6.45, 7) is 5.27. The molecule has 100 valence electrons. The van der Waals surface area contributed by atoms with Crippen molar-refractivity contribution in [3.8, 4) is 0 Å². The molecule has 3 nitrogen and oxygen atoms in total. The molecule has 3 heteroatoms. The van der Waals surface area contributed by atoms with E-state index in [2.05, 4.69) is 41.1 Å². The van der Waals surface area contributed by atoms with E-state index in [1.165, 1.54) is 5.69 Å². The summed E-state index contributed by atoms with van der Waals surface area (Å²) in [5, 5.41) is 0. The first-order chi connectivity index (χ1) is 9.35. The molecule has 0 saturated carbocycles. The molecule has 3 heterocycles. The lowest BCUT2D eigenvalue weighted by Gasteiger charge is -2.38. The second-order valence-electron chi connectivity index (χ2n) is 5.26. The van der Waals surface area contributed by atoms with Crippen LogP contribution < -0.4 is 0 Å². The van der Waals surface area contributed by atoms with Gasteiger partial charge in [0.1, 0.15) is 11.5 Å². The number of hydrogen-bond donors (Lipinski definition) is 0. The minimum absolute atomic E-state index is 0.589. The molecule has 1 saturated heterocycles. The van der Waals surface area contributed by atoms with Gasteiger partial charge in [0.25, 0.3) is 0 Å². The number of pyridine rings is 1. The van der Waals surface area contributed by atoms with Gasteiger partial charge >= 0.3 is 0 Å². The number of furan rings is 1. The summed E-state index contributed by atoms with van der Waals surface area (Å²) in [4.78, 5) is 6.83. The summed E-state index contributed by atoms with van der Waals surface area (Å²) in [6, 6.07) is 10.4. The van der Waals surface area contributed by atoms with Gasteiger partial charge in [0.05, 0.1) is 6.54 Å². The lowest BCUT2D eigenvalue weighted by atomic mass is 9.96. The van der Waals surface area contributed by atoms with Crippen LogP contribution in [0.15, 0.2) is 40.9 Å². The summed E-state index contributed by atoms with van der Waals surface area (Å²) in [5.74, 6) is 2.79. The fourth-order valence-electron chi connectivity index (χ4n) is 2.61. The highest BCUT2D eigenvalue weighted by molar-refractivity contribution is 5.15. The van der Waals surface area contributed by atoms with E-state index in [4.69, 9.17) is 4.42 Å². The van der Waals surface area contributed by atoms with Gasteiger partial charge in [-0.05, 0) is 30.7 Å². The molecule has 1 aliphatic rings. The topological polar surface area (TPSA) is 29.3 Å². The van der Waals surface area contributed by atoms with E-state index in [-0.39, 0.29) is 0 Å². The number of likely N-dealkylation sites (tertiary alicyclic amines) is 1. The van der Waals surface area contributed by atoms with Crippen LogP contribution in [0.1, 0.15) is 36.5 Å². The maximum absolute atomic E-state index is 5.81. The molecule has 0 spiro atoms. The second-order valence-corrected chi connectivity index (χ2v) is 5.26. The fraction of sp³-hybridized carbons (Fsp3) is 0.438. The largest absolute Gasteiger partial charge is 0.465 e. The van der Waals surface area contributed by atoms with E-state index in [0.717, 1.165) is 44.0 Å². The smallest absolute Gasteiger partial charge is 0.118 e. The van der Waals surface area contributed by atoms with Crippen molar-refractivity contribution in [2.24, 2.45) is 0 Å². The van der Waals surface area contributed by atoms with Crippen molar-refractivity contribution in [3.63, 3.8) is 0 Å². The third-order valence-corrected chi connectivity index (χ3v) is 3.66. The van der Waals surface area contributed by atoms with Crippen molar-refractivity contribution >= 4 is 0 Å². The van der Waals surface area contributed by atoms with Gasteiger partial charge in [0.2, 0.25) is 0 Å². The minimum atomic E-state index is 0.589. The molecule has 0 aromatic carbocycles. The first-order valence-electron chi connectivity index (χ1n) is 7.06. The van der Waals surface area contributed by atoms with Crippen LogP contribution in [0.3, 0.4) is 0 Å². The molecule has 0 atom stereocenters. The Morgan fingerprint density at radius 3 is 2.79 bits per heavy atom. The van der Waals surface area contributed by atoms with Crippen LogP contribution in [-0.2, 0) is 13.0 Å². The lowest BCUT2D eigenvalue weighted by molar-refractivity contribution is 0.126. The SMILES string of the molecule is CCCc1ccc(CN2CC(c3ccccn3)C2)o1. The number of rotatable bonds is 5. The number of aryl methyl sites for hydroxylation is 1. The Kier molecular flexibility index (Phi) is 3.65. The van der Waals surface area contributed by atoms with Crippen LogP contribution in [0, 0.1) is 0 Å². The Balaban J connectivity index is 1.51. The van der Waals surface area contributed by atoms with E-state index in [9.17, 15) is 0 Å². The minimum Gasteiger partial charge on any atom is -0.465 e. The van der Waals surface area contributed by atoms with E-state index in [0.29, 0.717) is 5.92 Å². The van der Waals surface area contributed by atoms with E-state index >= 15 is 0 Å². The molecule has 0 radical (unpaired) electrons. The number of nitrogens with zero attached hydrogens (tertiary/aromatic N) is 2. The van der Waals surface area contributed by atoms with Crippen LogP contribution in [-0.4, -0.2) is 23.0 Å². The van der Waals surface area contributed by atoms with Crippen LogP contribution in [0.4, 0.5) is 0 Å². The molecule has 0 unspecified atom stereocenters. The molecule has 0 N–H and O–H groups in total. The number of hydrogen-bond acceptors (Lipinski definition) is 3. The highest BCUT2D eigenvalue weighted by atomic mass is 16.3. The molecule has 19 heavy (non-hydrogen) atoms. The Morgan fingerprint density at radius 1 is 1.21 bits per heavy atom. The van der Waals surface area contributed by atoms with Crippen molar-refractivity contribution in [1.29, 1.82) is 0 Å². The third kappa shape index (κ3) is 2.87. The van der Waals surface area contributed by atoms with E-state index in [1.807, 2.05) is 12.3 Å². The Hall–Kier alpha value is -1.61. The van der Waals surface area contributed by atoms with E-state index in [1.54, 1.807) is 0 Å². The summed E-state index contributed by atoms with van der Waals surface area (Å²) >= 11 is 0. The first kappa shape index (κ1) is 12.4. The van der Waals surface area contributed by atoms with Gasteiger partial charge in [-0.2, -0.15) is 0 Å². The van der Waals surface area contributed by atoms with Gasteiger partial charge in [0.15, 0.2) is 0 Å². The van der Waals surface area contributed by atoms with Gasteiger partial charge in [-0.3, -0.25) is 9.88 Å². The highest BCUT2D eigenvalue weighted by Crippen LogP contribution is 2.27. The first-order valence-corrected chi connectivity index (χ1v) is 7.06. The summed E-state index contributed by atoms with van der Waals surface area (Å²) in [6.07, 6.45) is 4.05. The molecule has 0 amide bonds. The van der Waals surface area contributed by atoms with Crippen molar-refractivity contribution in [3.05, 3.63) is 53.7 Å². The fourth-order valence-corrected chi connectivity index (χ4v) is 2.61. The van der Waals surface area contributed by atoms with Gasteiger partial charge in [0, 0.05) is 37.3 Å². The molecule has 3 rings (SSSR count). The zero-order valence-corrected chi connectivity index (χ0v) is 11.4. The maximum atomic E-state index is 5.81. The van der Waals surface area contributed by atoms with Gasteiger partial charge in [-0.15, -0.1) is 0 Å². The Bertz CT molecular complexity index is 515. The van der Waals surface area contributed by atoms with Crippen molar-refractivity contribution in [2.75, 3.05) is 13.1 Å². The van der Waals surface area contributed by atoms with Gasteiger partial charge in [-0.1, -0.05) is 13.0 Å². The van der Waals surface area contributed by atoms with Crippen molar-refractivity contribution < 1.29 is 4.42 Å². The number of aromatic nitrogens is 1. The van der Waals surface area contributed by atoms with Gasteiger partial charge < -0.3 is 4.42 Å². The molecular weight excluding hydrogens is 236 g/mol. The summed E-state index contributed by atoms with van der Waals surface area (Å²) in [5.41, 5.74) is 1.21. The highest BCUT2D eigenvalue weighted by Gasteiger charge is 2.29. The molecule has 1 fully saturated rings. The zero-order valence-electron chi connectivity index (χ0n) is 11.4. The van der Waals surface area contributed by atoms with Crippen LogP contribution in [0.2, 0.25) is 0 Å². The third-order valence-electron chi connectivity index (χ3n) is 3.66. The van der Waals surface area contributed by atoms with Gasteiger partial charge in [-0.25, -0.2) is 0 Å². The van der Waals surface area contributed by atoms with E-state index < -0.39 is 0 Å². The average Bonchev–Trinajstić information content (AvgIpc) is 2.82. The average molecular weight is 256 g/mol. The molecule has 2 aromatic rings. The van der Waals surface area contributed by atoms with Crippen LogP contribution in [0.5, 0.6) is 0 Å². The lowest BCUT2D eigenvalue weighted by Crippen LogP contribution is -2.44. The predicted molar refractivity (Wildman–Crippen MR) is 75.0 cm³/mol. The zero-order chi connectivity index (χ0) is 13.1. The Labute approximate surface area is 114 Å². The van der Waals surface area contributed by atoms with Crippen LogP contribution >= 0.6 is 0 Å². The monoisotopic (exact) mass is 256 g/mol. The standard InChI is InChI=1S/C16H20N2O/c1-2-5-14-7-8-15(19-14)12-18-10-13(11-18)16-6-3-4-9-17-16/h3-4,6-9,13H,2,5,10-12H2,1H3. The summed E-state index contributed by atoms with van der Waals surface area (Å²) < 4.78 is 5.81. The summed E-state index contributed by atoms with van der Waals surface area (Å²) in [7, 11) is 0. The Morgan fingerprint density at radius 2 is 2.05 bits per heavy atom. The normalized spacial score (nSPS) is 16.5. The van der Waals surface area contributed by atoms with Crippen molar-refractivity contribution in [2.45, 2.75) is 32.2 Å². The predicted octanol–water partition coefficient (Wildman–Crippen LogP) is 3.23. The molecule has 0 aliphatic carbocycles. The molecule has 0 bridgehead atoms. The maximum Gasteiger partial charge on any atom is 0.118 e. The molecule has 2 aromatic heterocycles. The van der Waals surface area contributed by atoms with Crippen LogP contribution in [0.25, 0.3) is 0 Å². The quantitative estimate of drug-likeness (QED) is 0.822. The molecular formula is C16H20N2O. The second kappa shape index (κ2) is 5.57. The molecule has 1 aliphatic heterocycles. The van der Waals surface area contributed by atoms with Crippen molar-refractivity contribution in [1.82, 2.24) is 9.88 Å².